The van der Waals surface area contributed by atoms with Crippen molar-refractivity contribution in [2.45, 2.75) is 6.92 Å². The summed E-state index contributed by atoms with van der Waals surface area (Å²) in [6, 6.07) is 14.5. The molecule has 0 spiro atoms. The van der Waals surface area contributed by atoms with Crippen LogP contribution in [0.2, 0.25) is 0 Å². The van der Waals surface area contributed by atoms with Crippen LogP contribution in [0.1, 0.15) is 17.3 Å². The molecular weight excluding hydrogens is 358 g/mol. The predicted molar refractivity (Wildman–Crippen MR) is 107 cm³/mol. The molecule has 0 radical (unpaired) electrons. The minimum atomic E-state index is 0.0209. The van der Waals surface area contributed by atoms with Gasteiger partial charge in [0.25, 0.3) is 0 Å². The number of nitrogens with zero attached hydrogens (tertiary/aromatic N) is 3. The van der Waals surface area contributed by atoms with Gasteiger partial charge in [0.15, 0.2) is 11.6 Å². The third-order valence-electron chi connectivity index (χ3n) is 3.84. The molecule has 1 aromatic heterocycles. The van der Waals surface area contributed by atoms with Crippen LogP contribution in [-0.2, 0) is 0 Å². The molecule has 1 heterocycles. The van der Waals surface area contributed by atoms with Crippen LogP contribution in [0, 0.1) is 0 Å². The van der Waals surface area contributed by atoms with Crippen LogP contribution in [0.3, 0.4) is 0 Å². The van der Waals surface area contributed by atoms with Gasteiger partial charge in [0.2, 0.25) is 5.95 Å². The van der Waals surface area contributed by atoms with E-state index in [1.54, 1.807) is 31.4 Å². The summed E-state index contributed by atoms with van der Waals surface area (Å²) in [5, 5.41) is 14.1. The Hall–Kier alpha value is -3.68. The Morgan fingerprint density at radius 1 is 1.04 bits per heavy atom. The van der Waals surface area contributed by atoms with Gasteiger partial charge in [-0.2, -0.15) is 10.1 Å². The van der Waals surface area contributed by atoms with Gasteiger partial charge in [0.05, 0.1) is 19.9 Å². The smallest absolute Gasteiger partial charge is 0.249 e. The number of aromatic nitrogens is 3. The average Bonchev–Trinajstić information content (AvgIpc) is 2.72. The molecule has 3 aromatic rings. The van der Waals surface area contributed by atoms with Gasteiger partial charge in [0, 0.05) is 11.3 Å². The molecule has 0 amide bonds. The van der Waals surface area contributed by atoms with E-state index in [0.29, 0.717) is 30.5 Å². The third kappa shape index (κ3) is 5.41. The number of hydrogen-bond acceptors (Lipinski definition) is 8. The van der Waals surface area contributed by atoms with Crippen molar-refractivity contribution in [3.63, 3.8) is 0 Å². The van der Waals surface area contributed by atoms with Crippen LogP contribution in [0.15, 0.2) is 54.7 Å². The van der Waals surface area contributed by atoms with Crippen molar-refractivity contribution in [3.8, 4) is 11.5 Å². The summed E-state index contributed by atoms with van der Waals surface area (Å²) >= 11 is 0. The number of rotatable bonds is 9. The van der Waals surface area contributed by atoms with Gasteiger partial charge in [-0.05, 0) is 55.5 Å². The zero-order valence-electron chi connectivity index (χ0n) is 15.7. The largest absolute Gasteiger partial charge is 0.497 e. The van der Waals surface area contributed by atoms with E-state index in [0.717, 1.165) is 17.2 Å². The standard InChI is InChI=1S/C20H21N5O3/c1-14(26)15-3-5-16(6-4-15)23-20-24-19(13-22-25-20)21-11-12-28-18-9-7-17(27-2)8-10-18/h3-10,13H,11-12H2,1-2H3,(H2,21,23,24,25). The lowest BCUT2D eigenvalue weighted by Crippen LogP contribution is -2.13. The molecular formula is C20H21N5O3. The first kappa shape index (κ1) is 19.1. The molecule has 0 bridgehead atoms. The maximum absolute atomic E-state index is 11.3. The fraction of sp³-hybridized carbons (Fsp3) is 0.200. The Morgan fingerprint density at radius 2 is 1.75 bits per heavy atom. The quantitative estimate of drug-likeness (QED) is 0.432. The van der Waals surface area contributed by atoms with Gasteiger partial charge < -0.3 is 20.1 Å². The van der Waals surface area contributed by atoms with Crippen molar-refractivity contribution in [1.82, 2.24) is 15.2 Å². The van der Waals surface area contributed by atoms with Crippen LogP contribution < -0.4 is 20.1 Å². The number of hydrogen-bond donors (Lipinski definition) is 2. The normalized spacial score (nSPS) is 10.2. The first-order valence-electron chi connectivity index (χ1n) is 8.72. The van der Waals surface area contributed by atoms with E-state index in [-0.39, 0.29) is 5.78 Å². The lowest BCUT2D eigenvalue weighted by atomic mass is 10.1. The second kappa shape index (κ2) is 9.31. The van der Waals surface area contributed by atoms with Gasteiger partial charge in [-0.3, -0.25) is 4.79 Å². The fourth-order valence-corrected chi connectivity index (χ4v) is 2.38. The fourth-order valence-electron chi connectivity index (χ4n) is 2.38. The van der Waals surface area contributed by atoms with Gasteiger partial charge in [-0.1, -0.05) is 0 Å². The molecule has 3 rings (SSSR count). The second-order valence-corrected chi connectivity index (χ2v) is 5.87. The summed E-state index contributed by atoms with van der Waals surface area (Å²) in [6.07, 6.45) is 1.54. The Kier molecular flexibility index (Phi) is 6.35. The van der Waals surface area contributed by atoms with Crippen LogP contribution >= 0.6 is 0 Å². The van der Waals surface area contributed by atoms with Gasteiger partial charge >= 0.3 is 0 Å². The highest BCUT2D eigenvalue weighted by Crippen LogP contribution is 2.17. The van der Waals surface area contributed by atoms with Crippen molar-refractivity contribution in [2.75, 3.05) is 30.9 Å². The maximum Gasteiger partial charge on any atom is 0.249 e. The summed E-state index contributed by atoms with van der Waals surface area (Å²) in [6.45, 7) is 2.55. The van der Waals surface area contributed by atoms with Crippen molar-refractivity contribution in [2.24, 2.45) is 0 Å². The first-order valence-corrected chi connectivity index (χ1v) is 8.72. The Morgan fingerprint density at radius 3 is 2.43 bits per heavy atom. The Balaban J connectivity index is 1.49. The molecule has 0 fully saturated rings. The number of carbonyl (C=O) groups is 1. The number of methoxy groups -OCH3 is 1. The number of carbonyl (C=O) groups excluding carboxylic acids is 1. The zero-order valence-corrected chi connectivity index (χ0v) is 15.7. The number of ketones is 1. The molecule has 0 saturated carbocycles. The molecule has 0 saturated heterocycles. The highest BCUT2D eigenvalue weighted by atomic mass is 16.5. The van der Waals surface area contributed by atoms with Crippen LogP contribution in [-0.4, -0.2) is 41.2 Å². The second-order valence-electron chi connectivity index (χ2n) is 5.87. The summed E-state index contributed by atoms with van der Waals surface area (Å²) in [4.78, 5) is 15.7. The Labute approximate surface area is 162 Å². The highest BCUT2D eigenvalue weighted by Gasteiger charge is 2.03. The van der Waals surface area contributed by atoms with Gasteiger partial charge in [-0.25, -0.2) is 0 Å². The van der Waals surface area contributed by atoms with E-state index in [4.69, 9.17) is 9.47 Å². The number of ether oxygens (including phenoxy) is 2. The van der Waals surface area contributed by atoms with E-state index in [9.17, 15) is 4.79 Å². The van der Waals surface area contributed by atoms with Crippen molar-refractivity contribution < 1.29 is 14.3 Å². The molecule has 8 nitrogen and oxygen atoms in total. The van der Waals surface area contributed by atoms with Crippen LogP contribution in [0.5, 0.6) is 11.5 Å². The number of anilines is 3. The molecule has 2 aromatic carbocycles. The average molecular weight is 379 g/mol. The van der Waals surface area contributed by atoms with Crippen molar-refractivity contribution in [3.05, 3.63) is 60.3 Å². The summed E-state index contributed by atoms with van der Waals surface area (Å²) in [5.74, 6) is 2.51. The van der Waals surface area contributed by atoms with E-state index >= 15 is 0 Å². The zero-order chi connectivity index (χ0) is 19.8. The van der Waals surface area contributed by atoms with Crippen LogP contribution in [0.4, 0.5) is 17.5 Å². The number of Topliss-reactive ketones (excluding diaryl/α,β-unsaturated/α-hetero) is 1. The van der Waals surface area contributed by atoms with E-state index in [1.165, 1.54) is 13.1 Å². The first-order chi connectivity index (χ1) is 13.6. The number of nitrogens with one attached hydrogen (secondary N) is 2. The molecule has 0 aliphatic carbocycles. The molecule has 0 unspecified atom stereocenters. The molecule has 28 heavy (non-hydrogen) atoms. The lowest BCUT2D eigenvalue weighted by Gasteiger charge is -2.09. The van der Waals surface area contributed by atoms with Crippen LogP contribution in [0.25, 0.3) is 0 Å². The molecule has 8 heteroatoms. The van der Waals surface area contributed by atoms with Crippen molar-refractivity contribution >= 4 is 23.2 Å². The SMILES string of the molecule is COc1ccc(OCCNc2cnnc(Nc3ccc(C(C)=O)cc3)n2)cc1. The van der Waals surface area contributed by atoms with Gasteiger partial charge in [-0.15, -0.1) is 5.10 Å². The van der Waals surface area contributed by atoms with Gasteiger partial charge in [0.1, 0.15) is 18.1 Å². The highest BCUT2D eigenvalue weighted by molar-refractivity contribution is 5.94. The predicted octanol–water partition coefficient (Wildman–Crippen LogP) is 3.32. The monoisotopic (exact) mass is 379 g/mol. The molecule has 2 N–H and O–H groups in total. The maximum atomic E-state index is 11.3. The molecule has 0 aliphatic heterocycles. The lowest BCUT2D eigenvalue weighted by molar-refractivity contribution is 0.101. The van der Waals surface area contributed by atoms with Crippen molar-refractivity contribution in [1.29, 1.82) is 0 Å². The minimum Gasteiger partial charge on any atom is -0.497 e. The Bertz CT molecular complexity index is 914. The summed E-state index contributed by atoms with van der Waals surface area (Å²) in [5.41, 5.74) is 1.42. The van der Waals surface area contributed by atoms with E-state index < -0.39 is 0 Å². The number of benzene rings is 2. The molecule has 0 atom stereocenters. The summed E-state index contributed by atoms with van der Waals surface area (Å²) < 4.78 is 10.8. The van der Waals surface area contributed by atoms with E-state index in [2.05, 4.69) is 25.8 Å². The molecule has 144 valence electrons. The molecule has 0 aliphatic rings. The minimum absolute atomic E-state index is 0.0209. The third-order valence-corrected chi connectivity index (χ3v) is 3.84. The topological polar surface area (TPSA) is 98.3 Å². The summed E-state index contributed by atoms with van der Waals surface area (Å²) in [7, 11) is 1.62. The van der Waals surface area contributed by atoms with E-state index in [1.807, 2.05) is 24.3 Å².